The zero-order valence-corrected chi connectivity index (χ0v) is 9.05. The molecule has 0 spiro atoms. The average molecular weight is 240 g/mol. The summed E-state index contributed by atoms with van der Waals surface area (Å²) in [6.45, 7) is 0. The number of halogens is 1. The number of rotatable bonds is 3. The van der Waals surface area contributed by atoms with Gasteiger partial charge in [-0.05, 0) is 6.42 Å². The number of nitrogens with one attached hydrogen (secondary N) is 1. The Kier molecular flexibility index (Phi) is 3.05. The molecule has 2 atom stereocenters. The molecule has 0 amide bonds. The molecular formula is C10H10ClN3O2. The third kappa shape index (κ3) is 2.49. The van der Waals surface area contributed by atoms with Crippen molar-refractivity contribution in [2.45, 2.75) is 12.5 Å². The van der Waals surface area contributed by atoms with Crippen molar-refractivity contribution in [3.05, 3.63) is 29.7 Å². The molecule has 16 heavy (non-hydrogen) atoms. The second-order valence-corrected chi connectivity index (χ2v) is 3.93. The number of aliphatic carboxylic acids is 1. The van der Waals surface area contributed by atoms with Crippen LogP contribution < -0.4 is 5.32 Å². The van der Waals surface area contributed by atoms with Gasteiger partial charge in [0.05, 0.1) is 18.3 Å². The van der Waals surface area contributed by atoms with Gasteiger partial charge in [0.1, 0.15) is 11.0 Å². The number of anilines is 1. The van der Waals surface area contributed by atoms with Crippen molar-refractivity contribution in [1.29, 1.82) is 0 Å². The number of hydrogen-bond donors (Lipinski definition) is 2. The van der Waals surface area contributed by atoms with Crippen molar-refractivity contribution in [3.63, 3.8) is 0 Å². The average Bonchev–Trinajstić information content (AvgIpc) is 2.66. The standard InChI is InChI=1S/C10H10ClN3O2/c11-8-4-12-5-9(14-8)13-7-2-1-6(3-7)10(15)16/h1-2,4-7H,3H2,(H,13,14)(H,15,16). The van der Waals surface area contributed by atoms with Crippen molar-refractivity contribution < 1.29 is 9.90 Å². The van der Waals surface area contributed by atoms with E-state index in [1.54, 1.807) is 12.3 Å². The minimum Gasteiger partial charge on any atom is -0.481 e. The third-order valence-corrected chi connectivity index (χ3v) is 2.52. The summed E-state index contributed by atoms with van der Waals surface area (Å²) in [5, 5.41) is 12.2. The van der Waals surface area contributed by atoms with Gasteiger partial charge in [0, 0.05) is 6.04 Å². The number of carboxylic acids is 1. The van der Waals surface area contributed by atoms with Gasteiger partial charge >= 0.3 is 5.97 Å². The smallest absolute Gasteiger partial charge is 0.310 e. The lowest BCUT2D eigenvalue weighted by molar-refractivity contribution is -0.140. The second kappa shape index (κ2) is 4.49. The SMILES string of the molecule is O=C(O)C1C=CC(Nc2cncc(Cl)n2)C1. The molecule has 2 N–H and O–H groups in total. The minimum atomic E-state index is -0.808. The number of carboxylic acid groups (broad SMARTS) is 1. The fourth-order valence-electron chi connectivity index (χ4n) is 1.59. The van der Waals surface area contributed by atoms with E-state index in [-0.39, 0.29) is 6.04 Å². The molecule has 1 aromatic rings. The maximum absolute atomic E-state index is 10.7. The van der Waals surface area contributed by atoms with Gasteiger partial charge in [-0.1, -0.05) is 23.8 Å². The van der Waals surface area contributed by atoms with Crippen molar-refractivity contribution >= 4 is 23.4 Å². The van der Waals surface area contributed by atoms with Gasteiger partial charge in [0.25, 0.3) is 0 Å². The Morgan fingerprint density at radius 1 is 1.50 bits per heavy atom. The molecular weight excluding hydrogens is 230 g/mol. The summed E-state index contributed by atoms with van der Waals surface area (Å²) < 4.78 is 0. The zero-order chi connectivity index (χ0) is 11.5. The molecule has 1 aromatic heterocycles. The first-order valence-electron chi connectivity index (χ1n) is 4.80. The highest BCUT2D eigenvalue weighted by Crippen LogP contribution is 2.21. The first-order valence-corrected chi connectivity index (χ1v) is 5.18. The molecule has 0 aliphatic heterocycles. The molecule has 84 valence electrons. The molecule has 1 aliphatic rings. The highest BCUT2D eigenvalue weighted by Gasteiger charge is 2.24. The van der Waals surface area contributed by atoms with Gasteiger partial charge in [0.2, 0.25) is 0 Å². The Hall–Kier alpha value is -1.62. The molecule has 0 fully saturated rings. The van der Waals surface area contributed by atoms with E-state index in [0.29, 0.717) is 17.4 Å². The first-order chi connectivity index (χ1) is 7.65. The quantitative estimate of drug-likeness (QED) is 0.784. The molecule has 1 aliphatic carbocycles. The van der Waals surface area contributed by atoms with E-state index in [4.69, 9.17) is 16.7 Å². The fraction of sp³-hybridized carbons (Fsp3) is 0.300. The summed E-state index contributed by atoms with van der Waals surface area (Å²) >= 11 is 5.68. The normalized spacial score (nSPS) is 23.3. The van der Waals surface area contributed by atoms with Crippen molar-refractivity contribution in [2.75, 3.05) is 5.32 Å². The first kappa shape index (κ1) is 10.9. The molecule has 0 radical (unpaired) electrons. The Morgan fingerprint density at radius 2 is 2.31 bits per heavy atom. The Morgan fingerprint density at radius 3 is 2.94 bits per heavy atom. The van der Waals surface area contributed by atoms with Crippen molar-refractivity contribution in [1.82, 2.24) is 9.97 Å². The molecule has 0 saturated carbocycles. The predicted molar refractivity (Wildman–Crippen MR) is 59.3 cm³/mol. The van der Waals surface area contributed by atoms with E-state index in [9.17, 15) is 4.79 Å². The third-order valence-electron chi connectivity index (χ3n) is 2.34. The van der Waals surface area contributed by atoms with Crippen LogP contribution in [0.3, 0.4) is 0 Å². The monoisotopic (exact) mass is 239 g/mol. The van der Waals surface area contributed by atoms with E-state index >= 15 is 0 Å². The van der Waals surface area contributed by atoms with Gasteiger partial charge in [-0.3, -0.25) is 9.78 Å². The van der Waals surface area contributed by atoms with Crippen molar-refractivity contribution in [3.8, 4) is 0 Å². The van der Waals surface area contributed by atoms with Gasteiger partial charge in [-0.2, -0.15) is 0 Å². The highest BCUT2D eigenvalue weighted by molar-refractivity contribution is 6.29. The molecule has 6 heteroatoms. The maximum atomic E-state index is 10.7. The molecule has 5 nitrogen and oxygen atoms in total. The van der Waals surface area contributed by atoms with Gasteiger partial charge in [0.15, 0.2) is 0 Å². The number of nitrogens with zero attached hydrogens (tertiary/aromatic N) is 2. The van der Waals surface area contributed by atoms with E-state index < -0.39 is 11.9 Å². The summed E-state index contributed by atoms with van der Waals surface area (Å²) in [6.07, 6.45) is 7.01. The zero-order valence-electron chi connectivity index (χ0n) is 8.30. The lowest BCUT2D eigenvalue weighted by atomic mass is 10.1. The van der Waals surface area contributed by atoms with E-state index in [2.05, 4.69) is 15.3 Å². The number of carbonyl (C=O) groups is 1. The molecule has 0 aromatic carbocycles. The fourth-order valence-corrected chi connectivity index (χ4v) is 1.74. The minimum absolute atomic E-state index is 0.0335. The Bertz CT molecular complexity index is 436. The molecule has 0 bridgehead atoms. The molecule has 1 heterocycles. The Balaban J connectivity index is 1.98. The summed E-state index contributed by atoms with van der Waals surface area (Å²) in [4.78, 5) is 18.6. The van der Waals surface area contributed by atoms with Gasteiger partial charge in [-0.25, -0.2) is 4.98 Å². The van der Waals surface area contributed by atoms with Crippen LogP contribution in [-0.4, -0.2) is 27.1 Å². The summed E-state index contributed by atoms with van der Waals surface area (Å²) in [6, 6.07) is -0.0335. The summed E-state index contributed by atoms with van der Waals surface area (Å²) in [7, 11) is 0. The lowest BCUT2D eigenvalue weighted by Gasteiger charge is -2.12. The van der Waals surface area contributed by atoms with Crippen LogP contribution in [0.4, 0.5) is 5.82 Å². The molecule has 2 unspecified atom stereocenters. The van der Waals surface area contributed by atoms with Gasteiger partial charge in [-0.15, -0.1) is 0 Å². The largest absolute Gasteiger partial charge is 0.481 e. The van der Waals surface area contributed by atoms with Crippen molar-refractivity contribution in [2.24, 2.45) is 5.92 Å². The highest BCUT2D eigenvalue weighted by atomic mass is 35.5. The molecule has 2 rings (SSSR count). The predicted octanol–water partition coefficient (Wildman–Crippen LogP) is 1.57. The lowest BCUT2D eigenvalue weighted by Crippen LogP contribution is -2.19. The summed E-state index contributed by atoms with van der Waals surface area (Å²) in [5.74, 6) is -0.685. The van der Waals surface area contributed by atoms with Crippen LogP contribution in [0, 0.1) is 5.92 Å². The Labute approximate surface area is 97.2 Å². The number of aromatic nitrogens is 2. The van der Waals surface area contributed by atoms with E-state index in [1.807, 2.05) is 6.08 Å². The maximum Gasteiger partial charge on any atom is 0.310 e. The number of hydrogen-bond acceptors (Lipinski definition) is 4. The van der Waals surface area contributed by atoms with Gasteiger partial charge < -0.3 is 10.4 Å². The van der Waals surface area contributed by atoms with Crippen LogP contribution in [0.15, 0.2) is 24.5 Å². The second-order valence-electron chi connectivity index (χ2n) is 3.54. The van der Waals surface area contributed by atoms with Crippen LogP contribution in [0.5, 0.6) is 0 Å². The van der Waals surface area contributed by atoms with Crippen LogP contribution in [0.1, 0.15) is 6.42 Å². The van der Waals surface area contributed by atoms with Crippen LogP contribution in [0.2, 0.25) is 5.15 Å². The van der Waals surface area contributed by atoms with Crippen LogP contribution in [-0.2, 0) is 4.79 Å². The van der Waals surface area contributed by atoms with E-state index in [0.717, 1.165) is 0 Å². The van der Waals surface area contributed by atoms with Crippen LogP contribution in [0.25, 0.3) is 0 Å². The van der Waals surface area contributed by atoms with Crippen LogP contribution >= 0.6 is 11.6 Å². The molecule has 0 saturated heterocycles. The summed E-state index contributed by atoms with van der Waals surface area (Å²) in [5.41, 5.74) is 0. The van der Waals surface area contributed by atoms with E-state index in [1.165, 1.54) is 6.20 Å². The topological polar surface area (TPSA) is 75.1 Å².